The molecule has 0 atom stereocenters. The van der Waals surface area contributed by atoms with Crippen LogP contribution in [0.4, 0.5) is 0 Å². The van der Waals surface area contributed by atoms with Crippen LogP contribution in [0.15, 0.2) is 78.9 Å². The van der Waals surface area contributed by atoms with Crippen LogP contribution in [0, 0.1) is 0 Å². The van der Waals surface area contributed by atoms with Crippen molar-refractivity contribution in [2.75, 3.05) is 19.8 Å². The summed E-state index contributed by atoms with van der Waals surface area (Å²) in [5.74, 6) is 2.44. The number of nitrogens with one attached hydrogen (secondary N) is 1. The highest BCUT2D eigenvalue weighted by molar-refractivity contribution is 6.30. The summed E-state index contributed by atoms with van der Waals surface area (Å²) in [5.41, 5.74) is 2.14. The molecule has 1 amide bonds. The van der Waals surface area contributed by atoms with Crippen LogP contribution in [0.25, 0.3) is 11.0 Å². The Balaban J connectivity index is 1.23. The molecule has 3 aromatic carbocycles. The molecule has 0 aliphatic heterocycles. The number of para-hydroxylation sites is 3. The number of hydrogen-bond donors (Lipinski definition) is 1. The third kappa shape index (κ3) is 7.49. The monoisotopic (exact) mass is 491 g/mol. The first-order valence-corrected chi connectivity index (χ1v) is 12.3. The van der Waals surface area contributed by atoms with E-state index < -0.39 is 0 Å². The molecule has 0 aliphatic rings. The van der Waals surface area contributed by atoms with Gasteiger partial charge in [0, 0.05) is 24.5 Å². The number of carbonyl (C=O) groups excluding carboxylic acids is 1. The van der Waals surface area contributed by atoms with Gasteiger partial charge in [0.2, 0.25) is 0 Å². The zero-order valence-electron chi connectivity index (χ0n) is 19.7. The van der Waals surface area contributed by atoms with Gasteiger partial charge < -0.3 is 19.4 Å². The molecular formula is C28H30ClN3O3. The van der Waals surface area contributed by atoms with Gasteiger partial charge in [-0.2, -0.15) is 0 Å². The molecule has 0 radical (unpaired) electrons. The summed E-state index contributed by atoms with van der Waals surface area (Å²) in [6.45, 7) is 2.12. The first-order valence-electron chi connectivity index (χ1n) is 12.0. The zero-order valence-corrected chi connectivity index (χ0v) is 20.4. The summed E-state index contributed by atoms with van der Waals surface area (Å²) in [5, 5.41) is 3.64. The third-order valence-corrected chi connectivity index (χ3v) is 5.86. The van der Waals surface area contributed by atoms with Gasteiger partial charge in [-0.25, -0.2) is 4.98 Å². The molecule has 0 aliphatic carbocycles. The molecular weight excluding hydrogens is 462 g/mol. The fraction of sp³-hybridized carbons (Fsp3) is 0.286. The van der Waals surface area contributed by atoms with Crippen molar-refractivity contribution in [3.05, 3.63) is 89.7 Å². The number of carbonyl (C=O) groups is 1. The number of aryl methyl sites for hydroxylation is 2. The molecule has 1 aromatic heterocycles. The lowest BCUT2D eigenvalue weighted by molar-refractivity contribution is -0.123. The van der Waals surface area contributed by atoms with Gasteiger partial charge in [0.15, 0.2) is 6.61 Å². The predicted octanol–water partition coefficient (Wildman–Crippen LogP) is 5.68. The van der Waals surface area contributed by atoms with Crippen molar-refractivity contribution in [3.8, 4) is 11.5 Å². The number of amides is 1. The Labute approximate surface area is 210 Å². The maximum atomic E-state index is 12.1. The van der Waals surface area contributed by atoms with Gasteiger partial charge in [0.05, 0.1) is 17.6 Å². The van der Waals surface area contributed by atoms with Crippen molar-refractivity contribution in [2.24, 2.45) is 0 Å². The quantitative estimate of drug-likeness (QED) is 0.244. The fourth-order valence-electron chi connectivity index (χ4n) is 3.85. The Bertz CT molecular complexity index is 1210. The summed E-state index contributed by atoms with van der Waals surface area (Å²) >= 11 is 5.92. The third-order valence-electron chi connectivity index (χ3n) is 5.60. The van der Waals surface area contributed by atoms with E-state index in [1.807, 2.05) is 72.8 Å². The maximum absolute atomic E-state index is 12.1. The van der Waals surface area contributed by atoms with Crippen LogP contribution in [-0.2, 0) is 17.8 Å². The molecule has 7 heteroatoms. The SMILES string of the molecule is O=C(COc1ccccc1)NCCCc1nc2ccccc2n1CCCCOc1ccc(Cl)cc1. The number of aromatic nitrogens is 2. The predicted molar refractivity (Wildman–Crippen MR) is 139 cm³/mol. The average Bonchev–Trinajstić information content (AvgIpc) is 3.24. The molecule has 182 valence electrons. The topological polar surface area (TPSA) is 65.4 Å². The standard InChI is InChI=1S/C28H30ClN3O3/c29-22-14-16-24(17-15-22)34-20-7-6-19-32-26-12-5-4-11-25(26)31-27(32)13-8-18-30-28(33)21-35-23-9-2-1-3-10-23/h1-5,9-12,14-17H,6-8,13,18-21H2,(H,30,33). The van der Waals surface area contributed by atoms with Gasteiger partial charge in [0.1, 0.15) is 17.3 Å². The molecule has 1 heterocycles. The highest BCUT2D eigenvalue weighted by atomic mass is 35.5. The number of fused-ring (bicyclic) bond motifs is 1. The Hall–Kier alpha value is -3.51. The van der Waals surface area contributed by atoms with E-state index in [-0.39, 0.29) is 12.5 Å². The number of ether oxygens (including phenoxy) is 2. The summed E-state index contributed by atoms with van der Waals surface area (Å²) in [6, 6.07) is 25.0. The highest BCUT2D eigenvalue weighted by Crippen LogP contribution is 2.19. The average molecular weight is 492 g/mol. The second-order valence-electron chi connectivity index (χ2n) is 8.23. The van der Waals surface area contributed by atoms with Crippen molar-refractivity contribution in [2.45, 2.75) is 32.2 Å². The largest absolute Gasteiger partial charge is 0.494 e. The van der Waals surface area contributed by atoms with Crippen molar-refractivity contribution in [3.63, 3.8) is 0 Å². The van der Waals surface area contributed by atoms with Crippen LogP contribution in [0.3, 0.4) is 0 Å². The van der Waals surface area contributed by atoms with E-state index in [2.05, 4.69) is 16.0 Å². The zero-order chi connectivity index (χ0) is 24.3. The number of rotatable bonds is 13. The van der Waals surface area contributed by atoms with E-state index in [4.69, 9.17) is 26.1 Å². The van der Waals surface area contributed by atoms with Crippen molar-refractivity contribution < 1.29 is 14.3 Å². The van der Waals surface area contributed by atoms with E-state index in [0.717, 1.165) is 54.8 Å². The van der Waals surface area contributed by atoms with Gasteiger partial charge in [0.25, 0.3) is 5.91 Å². The number of nitrogens with zero attached hydrogens (tertiary/aromatic N) is 2. The number of unbranched alkanes of at least 4 members (excludes halogenated alkanes) is 1. The molecule has 0 bridgehead atoms. The lowest BCUT2D eigenvalue weighted by atomic mass is 10.2. The molecule has 0 saturated heterocycles. The normalized spacial score (nSPS) is 10.9. The minimum atomic E-state index is -0.122. The maximum Gasteiger partial charge on any atom is 0.257 e. The summed E-state index contributed by atoms with van der Waals surface area (Å²) in [6.07, 6.45) is 3.51. The van der Waals surface area contributed by atoms with Gasteiger partial charge >= 0.3 is 0 Å². The van der Waals surface area contributed by atoms with Gasteiger partial charge in [-0.15, -0.1) is 0 Å². The van der Waals surface area contributed by atoms with Crippen LogP contribution in [-0.4, -0.2) is 35.2 Å². The molecule has 4 aromatic rings. The van der Waals surface area contributed by atoms with Crippen LogP contribution in [0.1, 0.15) is 25.1 Å². The van der Waals surface area contributed by atoms with Gasteiger partial charge in [-0.1, -0.05) is 41.9 Å². The molecule has 6 nitrogen and oxygen atoms in total. The van der Waals surface area contributed by atoms with Crippen LogP contribution < -0.4 is 14.8 Å². The van der Waals surface area contributed by atoms with E-state index in [1.54, 1.807) is 0 Å². The number of imidazole rings is 1. The van der Waals surface area contributed by atoms with E-state index in [1.165, 1.54) is 0 Å². The van der Waals surface area contributed by atoms with Crippen LogP contribution in [0.2, 0.25) is 5.02 Å². The highest BCUT2D eigenvalue weighted by Gasteiger charge is 2.10. The lowest BCUT2D eigenvalue weighted by Gasteiger charge is -2.11. The lowest BCUT2D eigenvalue weighted by Crippen LogP contribution is -2.30. The van der Waals surface area contributed by atoms with Crippen molar-refractivity contribution in [1.82, 2.24) is 14.9 Å². The second-order valence-corrected chi connectivity index (χ2v) is 8.67. The molecule has 0 spiro atoms. The molecule has 4 rings (SSSR count). The minimum absolute atomic E-state index is 0.0145. The van der Waals surface area contributed by atoms with E-state index >= 15 is 0 Å². The molecule has 1 N–H and O–H groups in total. The van der Waals surface area contributed by atoms with E-state index in [0.29, 0.717) is 23.9 Å². The first-order chi connectivity index (χ1) is 17.2. The minimum Gasteiger partial charge on any atom is -0.494 e. The molecule has 0 fully saturated rings. The number of halogens is 1. The fourth-order valence-corrected chi connectivity index (χ4v) is 3.98. The van der Waals surface area contributed by atoms with Crippen LogP contribution >= 0.6 is 11.6 Å². The van der Waals surface area contributed by atoms with Gasteiger partial charge in [-0.05, 0) is 67.8 Å². The second kappa shape index (κ2) is 12.8. The Morgan fingerprint density at radius 3 is 2.43 bits per heavy atom. The Morgan fingerprint density at radius 1 is 0.857 bits per heavy atom. The summed E-state index contributed by atoms with van der Waals surface area (Å²) < 4.78 is 13.6. The molecule has 0 saturated carbocycles. The molecule has 35 heavy (non-hydrogen) atoms. The van der Waals surface area contributed by atoms with Gasteiger partial charge in [-0.3, -0.25) is 4.79 Å². The van der Waals surface area contributed by atoms with Crippen molar-refractivity contribution >= 4 is 28.5 Å². The van der Waals surface area contributed by atoms with E-state index in [9.17, 15) is 4.79 Å². The summed E-state index contributed by atoms with van der Waals surface area (Å²) in [7, 11) is 0. The number of benzene rings is 3. The van der Waals surface area contributed by atoms with Crippen LogP contribution in [0.5, 0.6) is 11.5 Å². The summed E-state index contributed by atoms with van der Waals surface area (Å²) in [4.78, 5) is 16.9. The smallest absolute Gasteiger partial charge is 0.257 e. The Morgan fingerprint density at radius 2 is 1.60 bits per heavy atom. The Kier molecular flexibility index (Phi) is 9.01. The first kappa shape index (κ1) is 24.6. The number of hydrogen-bond acceptors (Lipinski definition) is 4. The van der Waals surface area contributed by atoms with Crippen molar-refractivity contribution in [1.29, 1.82) is 0 Å². The molecule has 0 unspecified atom stereocenters.